The Morgan fingerprint density at radius 2 is 2.16 bits per heavy atom. The lowest BCUT2D eigenvalue weighted by atomic mass is 10.2. The Kier molecular flexibility index (Phi) is 2.92. The van der Waals surface area contributed by atoms with E-state index in [1.807, 2.05) is 17.5 Å². The van der Waals surface area contributed by atoms with E-state index in [0.29, 0.717) is 17.7 Å². The molecule has 6 heteroatoms. The zero-order valence-corrected chi connectivity index (χ0v) is 10.5. The second-order valence-corrected chi connectivity index (χ2v) is 4.76. The van der Waals surface area contributed by atoms with Crippen LogP contribution in [0.15, 0.2) is 41.8 Å². The molecule has 0 aliphatic heterocycles. The highest BCUT2D eigenvalue weighted by atomic mass is 32.1. The lowest BCUT2D eigenvalue weighted by molar-refractivity contribution is 0.111. The van der Waals surface area contributed by atoms with Gasteiger partial charge in [-0.2, -0.15) is 0 Å². The number of aromatic nitrogens is 3. The van der Waals surface area contributed by atoms with Crippen LogP contribution in [0, 0.1) is 5.82 Å². The molecule has 94 valence electrons. The Balaban J connectivity index is 2.23. The van der Waals surface area contributed by atoms with Gasteiger partial charge in [0, 0.05) is 0 Å². The summed E-state index contributed by atoms with van der Waals surface area (Å²) in [6, 6.07) is 9.74. The summed E-state index contributed by atoms with van der Waals surface area (Å²) >= 11 is 1.47. The summed E-state index contributed by atoms with van der Waals surface area (Å²) in [5.41, 5.74) is 1.35. The van der Waals surface area contributed by atoms with Gasteiger partial charge < -0.3 is 0 Å². The lowest BCUT2D eigenvalue weighted by Crippen LogP contribution is -1.99. The van der Waals surface area contributed by atoms with Crippen LogP contribution in [0.4, 0.5) is 4.39 Å². The molecule has 0 spiro atoms. The largest absolute Gasteiger partial charge is 0.296 e. The molecule has 0 atom stereocenters. The second kappa shape index (κ2) is 4.74. The topological polar surface area (TPSA) is 47.8 Å². The number of halogens is 1. The van der Waals surface area contributed by atoms with E-state index >= 15 is 0 Å². The number of nitrogens with zero attached hydrogens (tertiary/aromatic N) is 3. The molecule has 0 aliphatic carbocycles. The molecular weight excluding hydrogens is 265 g/mol. The van der Waals surface area contributed by atoms with Gasteiger partial charge in [0.1, 0.15) is 11.5 Å². The molecule has 2 aromatic heterocycles. The minimum Gasteiger partial charge on any atom is -0.296 e. The second-order valence-electron chi connectivity index (χ2n) is 3.81. The summed E-state index contributed by atoms with van der Waals surface area (Å²) in [6.07, 6.45) is 0.651. The zero-order valence-electron chi connectivity index (χ0n) is 9.65. The van der Waals surface area contributed by atoms with Gasteiger partial charge in [-0.3, -0.25) is 4.79 Å². The van der Waals surface area contributed by atoms with Crippen molar-refractivity contribution in [3.8, 4) is 16.3 Å². The first-order chi connectivity index (χ1) is 9.29. The first kappa shape index (κ1) is 11.7. The van der Waals surface area contributed by atoms with Crippen molar-refractivity contribution < 1.29 is 9.18 Å². The van der Waals surface area contributed by atoms with Crippen molar-refractivity contribution in [2.24, 2.45) is 0 Å². The maximum Gasteiger partial charge on any atom is 0.172 e. The summed E-state index contributed by atoms with van der Waals surface area (Å²) in [5.74, 6) is -0.363. The van der Waals surface area contributed by atoms with Crippen molar-refractivity contribution >= 4 is 17.6 Å². The van der Waals surface area contributed by atoms with Gasteiger partial charge in [0.15, 0.2) is 12.0 Å². The molecule has 2 heterocycles. The average Bonchev–Trinajstić information content (AvgIpc) is 3.07. The Morgan fingerprint density at radius 3 is 2.84 bits per heavy atom. The summed E-state index contributed by atoms with van der Waals surface area (Å²) in [5, 5.41) is 9.65. The van der Waals surface area contributed by atoms with E-state index in [1.54, 1.807) is 12.1 Å². The molecule has 0 saturated heterocycles. The summed E-state index contributed by atoms with van der Waals surface area (Å²) in [6.45, 7) is 0. The molecule has 0 fully saturated rings. The number of rotatable bonds is 3. The molecule has 3 aromatic rings. The molecule has 0 bridgehead atoms. The molecule has 1 aromatic carbocycles. The van der Waals surface area contributed by atoms with Crippen molar-refractivity contribution in [2.75, 3.05) is 0 Å². The Hall–Kier alpha value is -2.34. The van der Waals surface area contributed by atoms with Gasteiger partial charge >= 0.3 is 0 Å². The smallest absolute Gasteiger partial charge is 0.172 e. The van der Waals surface area contributed by atoms with Gasteiger partial charge in [-0.15, -0.1) is 16.4 Å². The average molecular weight is 273 g/mol. The number of aldehydes is 1. The van der Waals surface area contributed by atoms with Gasteiger partial charge in [0.25, 0.3) is 0 Å². The van der Waals surface area contributed by atoms with E-state index in [0.717, 1.165) is 4.88 Å². The highest BCUT2D eigenvalue weighted by Crippen LogP contribution is 2.28. The van der Waals surface area contributed by atoms with E-state index in [-0.39, 0.29) is 11.5 Å². The summed E-state index contributed by atoms with van der Waals surface area (Å²) < 4.78 is 14.8. The summed E-state index contributed by atoms with van der Waals surface area (Å²) in [4.78, 5) is 11.9. The van der Waals surface area contributed by atoms with Crippen molar-refractivity contribution in [1.82, 2.24) is 15.0 Å². The van der Waals surface area contributed by atoms with Crippen LogP contribution in [0.1, 0.15) is 10.5 Å². The van der Waals surface area contributed by atoms with Crippen LogP contribution in [0.3, 0.4) is 0 Å². The first-order valence-electron chi connectivity index (χ1n) is 5.50. The highest BCUT2D eigenvalue weighted by Gasteiger charge is 2.16. The van der Waals surface area contributed by atoms with Crippen LogP contribution in [0.2, 0.25) is 0 Å². The third kappa shape index (κ3) is 2.06. The third-order valence-electron chi connectivity index (χ3n) is 2.62. The van der Waals surface area contributed by atoms with E-state index < -0.39 is 0 Å². The van der Waals surface area contributed by atoms with Crippen molar-refractivity contribution in [3.63, 3.8) is 0 Å². The monoisotopic (exact) mass is 273 g/mol. The van der Waals surface area contributed by atoms with E-state index in [4.69, 9.17) is 0 Å². The molecule has 0 unspecified atom stereocenters. The molecule has 0 radical (unpaired) electrons. The number of carbonyl (C=O) groups excluding carboxylic acids is 1. The van der Waals surface area contributed by atoms with Gasteiger partial charge in [0.2, 0.25) is 0 Å². The number of thiophene rings is 1. The number of hydrogen-bond donors (Lipinski definition) is 0. The summed E-state index contributed by atoms with van der Waals surface area (Å²) in [7, 11) is 0. The molecule has 19 heavy (non-hydrogen) atoms. The Labute approximate surface area is 112 Å². The quantitative estimate of drug-likeness (QED) is 0.689. The Morgan fingerprint density at radius 1 is 1.26 bits per heavy atom. The van der Waals surface area contributed by atoms with Gasteiger partial charge in [-0.1, -0.05) is 17.3 Å². The molecule has 0 saturated carbocycles. The van der Waals surface area contributed by atoms with Crippen LogP contribution < -0.4 is 0 Å². The third-order valence-corrected chi connectivity index (χ3v) is 3.49. The SMILES string of the molecule is O=Cc1nnn(-c2cccc(F)c2)c1-c1cccs1. The van der Waals surface area contributed by atoms with Crippen molar-refractivity contribution in [2.45, 2.75) is 0 Å². The fourth-order valence-electron chi connectivity index (χ4n) is 1.81. The van der Waals surface area contributed by atoms with Crippen LogP contribution in [0.5, 0.6) is 0 Å². The van der Waals surface area contributed by atoms with Crippen molar-refractivity contribution in [3.05, 3.63) is 53.3 Å². The normalized spacial score (nSPS) is 10.6. The number of carbonyl (C=O) groups is 1. The molecular formula is C13H8FN3OS. The first-order valence-corrected chi connectivity index (χ1v) is 6.38. The predicted molar refractivity (Wildman–Crippen MR) is 70.0 cm³/mol. The van der Waals surface area contributed by atoms with E-state index in [1.165, 1.54) is 28.2 Å². The number of hydrogen-bond acceptors (Lipinski definition) is 4. The Bertz CT molecular complexity index is 721. The van der Waals surface area contributed by atoms with Crippen LogP contribution in [-0.4, -0.2) is 21.3 Å². The van der Waals surface area contributed by atoms with Gasteiger partial charge in [0.05, 0.1) is 10.6 Å². The molecule has 0 aliphatic rings. The van der Waals surface area contributed by atoms with Gasteiger partial charge in [-0.05, 0) is 29.6 Å². The number of benzene rings is 1. The van der Waals surface area contributed by atoms with Gasteiger partial charge in [-0.25, -0.2) is 9.07 Å². The van der Waals surface area contributed by atoms with Crippen LogP contribution >= 0.6 is 11.3 Å². The predicted octanol–water partition coefficient (Wildman–Crippen LogP) is 2.95. The fraction of sp³-hybridized carbons (Fsp3) is 0. The highest BCUT2D eigenvalue weighted by molar-refractivity contribution is 7.13. The lowest BCUT2D eigenvalue weighted by Gasteiger charge is -2.05. The standard InChI is InChI=1S/C13H8FN3OS/c14-9-3-1-4-10(7-9)17-13(11(8-18)15-16-17)12-5-2-6-19-12/h1-8H. The minimum atomic E-state index is -0.363. The maximum absolute atomic E-state index is 13.3. The maximum atomic E-state index is 13.3. The fourth-order valence-corrected chi connectivity index (χ4v) is 2.57. The molecule has 3 rings (SSSR count). The van der Waals surface area contributed by atoms with Crippen LogP contribution in [-0.2, 0) is 0 Å². The minimum absolute atomic E-state index is 0.242. The zero-order chi connectivity index (χ0) is 13.2. The van der Waals surface area contributed by atoms with E-state index in [2.05, 4.69) is 10.3 Å². The molecule has 0 amide bonds. The van der Waals surface area contributed by atoms with Crippen molar-refractivity contribution in [1.29, 1.82) is 0 Å². The van der Waals surface area contributed by atoms with E-state index in [9.17, 15) is 9.18 Å². The van der Waals surface area contributed by atoms with Crippen LogP contribution in [0.25, 0.3) is 16.3 Å². The molecule has 0 N–H and O–H groups in total. The molecule has 4 nitrogen and oxygen atoms in total.